The predicted molar refractivity (Wildman–Crippen MR) is 69.8 cm³/mol. The summed E-state index contributed by atoms with van der Waals surface area (Å²) < 4.78 is 0. The molecule has 17 heavy (non-hydrogen) atoms. The van der Waals surface area contributed by atoms with Crippen LogP contribution in [0, 0.1) is 5.92 Å². The minimum absolute atomic E-state index is 0.327. The van der Waals surface area contributed by atoms with E-state index in [0.29, 0.717) is 24.3 Å². The maximum atomic E-state index is 11.9. The molecule has 3 heteroatoms. The summed E-state index contributed by atoms with van der Waals surface area (Å²) in [5, 5.41) is 3.70. The lowest BCUT2D eigenvalue weighted by Crippen LogP contribution is -2.51. The molecule has 98 valence electrons. The lowest BCUT2D eigenvalue weighted by Gasteiger charge is -2.38. The zero-order valence-corrected chi connectivity index (χ0v) is 11.2. The number of nitrogens with zero attached hydrogens (tertiary/aromatic N) is 1. The molecule has 2 unspecified atom stereocenters. The Balaban J connectivity index is 1.90. The highest BCUT2D eigenvalue weighted by molar-refractivity contribution is 5.76. The molecule has 1 aliphatic heterocycles. The molecule has 0 spiro atoms. The summed E-state index contributed by atoms with van der Waals surface area (Å²) in [4.78, 5) is 13.9. The maximum absolute atomic E-state index is 11.9. The van der Waals surface area contributed by atoms with Gasteiger partial charge in [-0.25, -0.2) is 0 Å². The molecule has 1 aliphatic carbocycles. The molecule has 3 nitrogen and oxygen atoms in total. The van der Waals surface area contributed by atoms with Gasteiger partial charge in [-0.05, 0) is 31.6 Å². The van der Waals surface area contributed by atoms with E-state index < -0.39 is 0 Å². The Morgan fingerprint density at radius 3 is 2.59 bits per heavy atom. The first-order valence-corrected chi connectivity index (χ1v) is 7.26. The van der Waals surface area contributed by atoms with Crippen LogP contribution in [0.3, 0.4) is 0 Å². The second kappa shape index (κ2) is 5.85. The molecule has 1 heterocycles. The normalized spacial score (nSPS) is 29.4. The molecular weight excluding hydrogens is 212 g/mol. The average Bonchev–Trinajstić information content (AvgIpc) is 3.12. The fourth-order valence-electron chi connectivity index (χ4n) is 2.95. The Bertz CT molecular complexity index is 263. The summed E-state index contributed by atoms with van der Waals surface area (Å²) in [7, 11) is 0. The van der Waals surface area contributed by atoms with Crippen molar-refractivity contribution < 1.29 is 4.79 Å². The largest absolute Gasteiger partial charge is 0.341 e. The van der Waals surface area contributed by atoms with Gasteiger partial charge in [-0.2, -0.15) is 0 Å². The van der Waals surface area contributed by atoms with Gasteiger partial charge >= 0.3 is 0 Å². The van der Waals surface area contributed by atoms with Crippen LogP contribution in [-0.4, -0.2) is 36.0 Å². The molecular formula is C14H26N2O. The molecule has 2 fully saturated rings. The van der Waals surface area contributed by atoms with Crippen molar-refractivity contribution in [1.82, 2.24) is 10.2 Å². The molecule has 1 saturated heterocycles. The van der Waals surface area contributed by atoms with Crippen LogP contribution in [-0.2, 0) is 4.79 Å². The summed E-state index contributed by atoms with van der Waals surface area (Å²) in [5.41, 5.74) is 0. The van der Waals surface area contributed by atoms with Gasteiger partial charge in [-0.1, -0.05) is 20.3 Å². The summed E-state index contributed by atoms with van der Waals surface area (Å²) in [5.74, 6) is 1.04. The Hall–Kier alpha value is -0.570. The Labute approximate surface area is 105 Å². The number of rotatable bonds is 5. The van der Waals surface area contributed by atoms with Crippen molar-refractivity contribution in [3.8, 4) is 0 Å². The lowest BCUT2D eigenvalue weighted by atomic mass is 9.90. The highest BCUT2D eigenvalue weighted by atomic mass is 16.2. The van der Waals surface area contributed by atoms with E-state index in [1.807, 2.05) is 6.92 Å². The number of hydrogen-bond acceptors (Lipinski definition) is 2. The van der Waals surface area contributed by atoms with Gasteiger partial charge in [0.1, 0.15) is 0 Å². The van der Waals surface area contributed by atoms with Gasteiger partial charge in [-0.15, -0.1) is 0 Å². The van der Waals surface area contributed by atoms with Crippen molar-refractivity contribution in [2.75, 3.05) is 13.1 Å². The summed E-state index contributed by atoms with van der Waals surface area (Å²) >= 11 is 0. The van der Waals surface area contributed by atoms with Crippen LogP contribution in [0.4, 0.5) is 0 Å². The fourth-order valence-corrected chi connectivity index (χ4v) is 2.95. The highest BCUT2D eigenvalue weighted by Crippen LogP contribution is 2.26. The number of piperidine rings is 1. The summed E-state index contributed by atoms with van der Waals surface area (Å²) in [6.45, 7) is 6.13. The molecule has 1 N–H and O–H groups in total. The average molecular weight is 238 g/mol. The van der Waals surface area contributed by atoms with Gasteiger partial charge < -0.3 is 10.2 Å². The number of carbonyl (C=O) groups is 1. The van der Waals surface area contributed by atoms with Crippen molar-refractivity contribution in [2.45, 2.75) is 64.5 Å². The van der Waals surface area contributed by atoms with Crippen LogP contribution in [0.1, 0.15) is 52.4 Å². The number of nitrogens with one attached hydrogen (secondary N) is 1. The van der Waals surface area contributed by atoms with E-state index in [0.717, 1.165) is 19.1 Å². The number of likely N-dealkylation sites (tertiary alicyclic amines) is 1. The topological polar surface area (TPSA) is 32.3 Å². The molecule has 0 aromatic carbocycles. The Kier molecular flexibility index (Phi) is 4.43. The van der Waals surface area contributed by atoms with E-state index in [1.54, 1.807) is 0 Å². The smallest absolute Gasteiger partial charge is 0.222 e. The maximum Gasteiger partial charge on any atom is 0.222 e. The van der Waals surface area contributed by atoms with E-state index in [2.05, 4.69) is 17.1 Å². The van der Waals surface area contributed by atoms with Crippen molar-refractivity contribution in [2.24, 2.45) is 5.92 Å². The minimum Gasteiger partial charge on any atom is -0.341 e. The van der Waals surface area contributed by atoms with Crippen LogP contribution in [0.25, 0.3) is 0 Å². The van der Waals surface area contributed by atoms with Crippen molar-refractivity contribution >= 4 is 5.91 Å². The van der Waals surface area contributed by atoms with Crippen molar-refractivity contribution in [1.29, 1.82) is 0 Å². The van der Waals surface area contributed by atoms with Gasteiger partial charge in [0.15, 0.2) is 0 Å². The number of carbonyl (C=O) groups excluding carboxylic acids is 1. The van der Waals surface area contributed by atoms with Gasteiger partial charge in [-0.3, -0.25) is 4.79 Å². The van der Waals surface area contributed by atoms with E-state index in [-0.39, 0.29) is 0 Å². The minimum atomic E-state index is 0.327. The standard InChI is InChI=1S/C14H26N2O/c1-3-5-11-8-13(15-12-6-7-12)10-16(9-11)14(17)4-2/h11-13,15H,3-10H2,1-2H3. The third kappa shape index (κ3) is 3.70. The lowest BCUT2D eigenvalue weighted by molar-refractivity contribution is -0.133. The third-order valence-corrected chi connectivity index (χ3v) is 3.94. The second-order valence-corrected chi connectivity index (χ2v) is 5.68. The first-order chi connectivity index (χ1) is 8.22. The molecule has 1 saturated carbocycles. The van der Waals surface area contributed by atoms with Crippen LogP contribution in [0.15, 0.2) is 0 Å². The monoisotopic (exact) mass is 238 g/mol. The van der Waals surface area contributed by atoms with Crippen molar-refractivity contribution in [3.63, 3.8) is 0 Å². The molecule has 2 aliphatic rings. The number of hydrogen-bond donors (Lipinski definition) is 1. The Morgan fingerprint density at radius 1 is 1.24 bits per heavy atom. The summed E-state index contributed by atoms with van der Waals surface area (Å²) in [6, 6.07) is 1.29. The van der Waals surface area contributed by atoms with Gasteiger partial charge in [0.05, 0.1) is 0 Å². The van der Waals surface area contributed by atoms with Gasteiger partial charge in [0.2, 0.25) is 5.91 Å². The van der Waals surface area contributed by atoms with E-state index in [1.165, 1.54) is 32.1 Å². The number of amides is 1. The molecule has 0 bridgehead atoms. The quantitative estimate of drug-likeness (QED) is 0.796. The predicted octanol–water partition coefficient (Wildman–Crippen LogP) is 2.17. The van der Waals surface area contributed by atoms with Crippen molar-refractivity contribution in [3.05, 3.63) is 0 Å². The van der Waals surface area contributed by atoms with E-state index in [9.17, 15) is 4.79 Å². The molecule has 2 atom stereocenters. The first kappa shape index (κ1) is 12.9. The van der Waals surface area contributed by atoms with Gasteiger partial charge in [0, 0.05) is 31.6 Å². The SMILES string of the molecule is CCCC1CC(NC2CC2)CN(C(=O)CC)C1. The Morgan fingerprint density at radius 2 is 2.00 bits per heavy atom. The second-order valence-electron chi connectivity index (χ2n) is 5.68. The first-order valence-electron chi connectivity index (χ1n) is 7.26. The third-order valence-electron chi connectivity index (χ3n) is 3.94. The zero-order chi connectivity index (χ0) is 12.3. The molecule has 0 aromatic heterocycles. The van der Waals surface area contributed by atoms with Crippen LogP contribution >= 0.6 is 0 Å². The van der Waals surface area contributed by atoms with E-state index >= 15 is 0 Å². The summed E-state index contributed by atoms with van der Waals surface area (Å²) in [6.07, 6.45) is 7.06. The van der Waals surface area contributed by atoms with Crippen LogP contribution in [0.2, 0.25) is 0 Å². The highest BCUT2D eigenvalue weighted by Gasteiger charge is 2.32. The molecule has 1 amide bonds. The van der Waals surface area contributed by atoms with E-state index in [4.69, 9.17) is 0 Å². The van der Waals surface area contributed by atoms with Crippen LogP contribution in [0.5, 0.6) is 0 Å². The van der Waals surface area contributed by atoms with Crippen LogP contribution < -0.4 is 5.32 Å². The zero-order valence-electron chi connectivity index (χ0n) is 11.2. The molecule has 0 radical (unpaired) electrons. The molecule has 0 aromatic rings. The van der Waals surface area contributed by atoms with Gasteiger partial charge in [0.25, 0.3) is 0 Å². The fraction of sp³-hybridized carbons (Fsp3) is 0.929. The molecule has 2 rings (SSSR count).